The summed E-state index contributed by atoms with van der Waals surface area (Å²) >= 11 is 8.84. The van der Waals surface area contributed by atoms with Gasteiger partial charge in [-0.3, -0.25) is 4.68 Å². The van der Waals surface area contributed by atoms with Crippen molar-refractivity contribution in [3.8, 4) is 0 Å². The number of aromatic nitrogens is 3. The quantitative estimate of drug-likeness (QED) is 0.792. The Balaban J connectivity index is 2.21. The first-order valence-corrected chi connectivity index (χ1v) is 8.60. The van der Waals surface area contributed by atoms with Gasteiger partial charge in [0.2, 0.25) is 0 Å². The van der Waals surface area contributed by atoms with Crippen LogP contribution in [0.15, 0.2) is 20.7 Å². The van der Waals surface area contributed by atoms with Crippen LogP contribution >= 0.6 is 43.2 Å². The average molecular weight is 408 g/mol. The molecular formula is C12H16Br2N4S. The van der Waals surface area contributed by atoms with Gasteiger partial charge >= 0.3 is 0 Å². The molecular weight excluding hydrogens is 392 g/mol. The Morgan fingerprint density at radius 2 is 2.21 bits per heavy atom. The van der Waals surface area contributed by atoms with Crippen molar-refractivity contribution in [2.75, 3.05) is 6.54 Å². The van der Waals surface area contributed by atoms with Crippen LogP contribution in [0.2, 0.25) is 0 Å². The lowest BCUT2D eigenvalue weighted by Crippen LogP contribution is -2.23. The van der Waals surface area contributed by atoms with E-state index in [0.29, 0.717) is 0 Å². The number of likely N-dealkylation sites (N-methyl/N-ethyl adjacent to an activating group) is 1. The number of nitrogens with one attached hydrogen (secondary N) is 1. The van der Waals surface area contributed by atoms with Gasteiger partial charge in [-0.1, -0.05) is 6.92 Å². The lowest BCUT2D eigenvalue weighted by Gasteiger charge is -2.16. The summed E-state index contributed by atoms with van der Waals surface area (Å²) in [6, 6.07) is 2.43. The zero-order valence-corrected chi connectivity index (χ0v) is 14.8. The van der Waals surface area contributed by atoms with Crippen molar-refractivity contribution in [3.05, 3.63) is 31.4 Å². The minimum atomic E-state index is 0.270. The summed E-state index contributed by atoms with van der Waals surface area (Å²) in [7, 11) is 0. The normalized spacial score (nSPS) is 12.8. The Kier molecular flexibility index (Phi) is 5.56. The topological polar surface area (TPSA) is 42.7 Å². The van der Waals surface area contributed by atoms with Crippen LogP contribution < -0.4 is 5.32 Å². The lowest BCUT2D eigenvalue weighted by molar-refractivity contribution is 0.515. The van der Waals surface area contributed by atoms with Gasteiger partial charge in [0, 0.05) is 28.4 Å². The lowest BCUT2D eigenvalue weighted by atomic mass is 10.1. The molecule has 0 spiro atoms. The number of hydrogen-bond donors (Lipinski definition) is 1. The van der Waals surface area contributed by atoms with Crippen molar-refractivity contribution in [1.29, 1.82) is 0 Å². The van der Waals surface area contributed by atoms with Crippen molar-refractivity contribution in [3.63, 3.8) is 0 Å². The maximum Gasteiger partial charge on any atom is 0.138 e. The summed E-state index contributed by atoms with van der Waals surface area (Å²) in [4.78, 5) is 5.65. The molecule has 0 aliphatic rings. The molecule has 0 aliphatic heterocycles. The van der Waals surface area contributed by atoms with Crippen LogP contribution in [-0.4, -0.2) is 21.3 Å². The van der Waals surface area contributed by atoms with Crippen LogP contribution in [-0.2, 0) is 13.0 Å². The van der Waals surface area contributed by atoms with Crippen molar-refractivity contribution >= 4 is 43.2 Å². The molecule has 2 heterocycles. The van der Waals surface area contributed by atoms with Crippen LogP contribution in [0.25, 0.3) is 0 Å². The van der Waals surface area contributed by atoms with Crippen molar-refractivity contribution in [2.45, 2.75) is 32.9 Å². The third-order valence-electron chi connectivity index (χ3n) is 2.84. The predicted octanol–water partition coefficient (Wildman–Crippen LogP) is 3.78. The summed E-state index contributed by atoms with van der Waals surface area (Å²) in [5.41, 5.74) is 0. The zero-order valence-electron chi connectivity index (χ0n) is 10.9. The second-order valence-electron chi connectivity index (χ2n) is 4.08. The highest BCUT2D eigenvalue weighted by Crippen LogP contribution is 2.36. The maximum absolute atomic E-state index is 4.36. The van der Waals surface area contributed by atoms with E-state index in [1.54, 1.807) is 17.7 Å². The van der Waals surface area contributed by atoms with Crippen LogP contribution in [0.3, 0.4) is 0 Å². The molecule has 1 N–H and O–H groups in total. The van der Waals surface area contributed by atoms with Gasteiger partial charge in [0.1, 0.15) is 12.2 Å². The molecule has 0 bridgehead atoms. The molecule has 2 aromatic rings. The van der Waals surface area contributed by atoms with Gasteiger partial charge in [-0.15, -0.1) is 11.3 Å². The molecule has 0 radical (unpaired) electrons. The predicted molar refractivity (Wildman–Crippen MR) is 85.5 cm³/mol. The molecule has 7 heteroatoms. The third-order valence-corrected chi connectivity index (χ3v) is 6.21. The first-order chi connectivity index (χ1) is 9.15. The summed E-state index contributed by atoms with van der Waals surface area (Å²) in [6.07, 6.45) is 2.48. The van der Waals surface area contributed by atoms with E-state index in [1.165, 1.54) is 4.88 Å². The number of thiophene rings is 1. The molecule has 19 heavy (non-hydrogen) atoms. The maximum atomic E-state index is 4.36. The molecule has 104 valence electrons. The molecule has 2 rings (SSSR count). The Bertz CT molecular complexity index is 518. The molecule has 4 nitrogen and oxygen atoms in total. The van der Waals surface area contributed by atoms with E-state index in [-0.39, 0.29) is 6.04 Å². The van der Waals surface area contributed by atoms with Crippen LogP contribution in [0, 0.1) is 0 Å². The molecule has 0 amide bonds. The standard InChI is InChI=1S/C12H16Br2N4S/c1-3-15-9(10-5-8(13)12(14)19-10)6-11-16-7-17-18(11)4-2/h5,7,9,15H,3-4,6H2,1-2H3. The largest absolute Gasteiger partial charge is 0.309 e. The van der Waals surface area contributed by atoms with E-state index in [4.69, 9.17) is 0 Å². The Labute approximate surface area is 133 Å². The fraction of sp³-hybridized carbons (Fsp3) is 0.500. The van der Waals surface area contributed by atoms with Crippen LogP contribution in [0.5, 0.6) is 0 Å². The van der Waals surface area contributed by atoms with Crippen molar-refractivity contribution in [1.82, 2.24) is 20.1 Å². The highest BCUT2D eigenvalue weighted by molar-refractivity contribution is 9.13. The van der Waals surface area contributed by atoms with Gasteiger partial charge in [-0.2, -0.15) is 5.10 Å². The summed E-state index contributed by atoms with van der Waals surface area (Å²) in [5, 5.41) is 7.74. The van der Waals surface area contributed by atoms with E-state index in [0.717, 1.165) is 33.6 Å². The zero-order chi connectivity index (χ0) is 13.8. The molecule has 1 atom stereocenters. The first kappa shape index (κ1) is 15.2. The van der Waals surface area contributed by atoms with E-state index in [2.05, 4.69) is 67.2 Å². The second kappa shape index (κ2) is 6.97. The highest BCUT2D eigenvalue weighted by Gasteiger charge is 2.18. The van der Waals surface area contributed by atoms with Gasteiger partial charge < -0.3 is 5.32 Å². The van der Waals surface area contributed by atoms with Crippen LogP contribution in [0.4, 0.5) is 0 Å². The first-order valence-electron chi connectivity index (χ1n) is 6.20. The van der Waals surface area contributed by atoms with Crippen LogP contribution in [0.1, 0.15) is 30.6 Å². The number of halogens is 2. The molecule has 0 fully saturated rings. The molecule has 1 unspecified atom stereocenters. The fourth-order valence-corrected chi connectivity index (χ4v) is 4.11. The highest BCUT2D eigenvalue weighted by atomic mass is 79.9. The number of hydrogen-bond acceptors (Lipinski definition) is 4. The van der Waals surface area contributed by atoms with E-state index >= 15 is 0 Å². The molecule has 0 saturated carbocycles. The van der Waals surface area contributed by atoms with Gasteiger partial charge in [0.25, 0.3) is 0 Å². The monoisotopic (exact) mass is 406 g/mol. The van der Waals surface area contributed by atoms with E-state index < -0.39 is 0 Å². The molecule has 2 aromatic heterocycles. The minimum absolute atomic E-state index is 0.270. The number of rotatable bonds is 6. The molecule has 0 aromatic carbocycles. The Morgan fingerprint density at radius 3 is 2.79 bits per heavy atom. The summed E-state index contributed by atoms with van der Waals surface area (Å²) in [6.45, 7) is 5.98. The minimum Gasteiger partial charge on any atom is -0.309 e. The van der Waals surface area contributed by atoms with Gasteiger partial charge in [0.15, 0.2) is 0 Å². The van der Waals surface area contributed by atoms with Gasteiger partial charge in [0.05, 0.1) is 3.79 Å². The van der Waals surface area contributed by atoms with E-state index in [1.807, 2.05) is 4.68 Å². The van der Waals surface area contributed by atoms with E-state index in [9.17, 15) is 0 Å². The second-order valence-corrected chi connectivity index (χ2v) is 7.33. The van der Waals surface area contributed by atoms with Crippen molar-refractivity contribution < 1.29 is 0 Å². The van der Waals surface area contributed by atoms with Crippen molar-refractivity contribution in [2.24, 2.45) is 0 Å². The Morgan fingerprint density at radius 1 is 1.42 bits per heavy atom. The SMILES string of the molecule is CCNC(Cc1ncnn1CC)c1cc(Br)c(Br)s1. The summed E-state index contributed by atoms with van der Waals surface area (Å²) < 4.78 is 4.18. The number of aryl methyl sites for hydroxylation is 1. The average Bonchev–Trinajstić information content (AvgIpc) is 2.96. The summed E-state index contributed by atoms with van der Waals surface area (Å²) in [5.74, 6) is 1.02. The van der Waals surface area contributed by atoms with Gasteiger partial charge in [-0.05, 0) is 51.4 Å². The third kappa shape index (κ3) is 3.65. The molecule has 0 saturated heterocycles. The molecule has 0 aliphatic carbocycles. The number of nitrogens with zero attached hydrogens (tertiary/aromatic N) is 3. The Hall–Kier alpha value is -0.240. The van der Waals surface area contributed by atoms with Gasteiger partial charge in [-0.25, -0.2) is 4.98 Å². The smallest absolute Gasteiger partial charge is 0.138 e. The fourth-order valence-electron chi connectivity index (χ4n) is 1.95.